The zero-order chi connectivity index (χ0) is 7.82. The number of hydrogen-bond acceptors (Lipinski definition) is 0. The fourth-order valence-electron chi connectivity index (χ4n) is 0.702. The molecular weight excluding hydrogens is 188 g/mol. The molecule has 1 unspecified atom stereocenters. The Morgan fingerprint density at radius 3 is 2.60 bits per heavy atom. The molecule has 0 rings (SSSR count). The van der Waals surface area contributed by atoms with Gasteiger partial charge in [-0.2, -0.15) is 0 Å². The Hall–Kier alpha value is 0.220. The predicted molar refractivity (Wildman–Crippen MR) is 51.7 cm³/mol. The van der Waals surface area contributed by atoms with Gasteiger partial charge in [0.25, 0.3) is 0 Å². The third-order valence-corrected chi connectivity index (χ3v) is 2.41. The highest BCUT2D eigenvalue weighted by molar-refractivity contribution is 9.09. The molecule has 60 valence electrons. The maximum atomic E-state index is 3.54. The number of allylic oxidation sites excluding steroid dienone is 2. The van der Waals surface area contributed by atoms with E-state index in [-0.39, 0.29) is 0 Å². The minimum atomic E-state index is 0.587. The molecule has 0 saturated heterocycles. The molecule has 0 radical (unpaired) electrons. The number of halogens is 1. The Morgan fingerprint density at radius 1 is 1.40 bits per heavy atom. The molecule has 0 aliphatic carbocycles. The largest absolute Gasteiger partial charge is 0.0874 e. The van der Waals surface area contributed by atoms with E-state index >= 15 is 0 Å². The third kappa shape index (κ3) is 6.34. The monoisotopic (exact) mass is 204 g/mol. The van der Waals surface area contributed by atoms with Crippen LogP contribution in [0.4, 0.5) is 0 Å². The molecule has 10 heavy (non-hydrogen) atoms. The lowest BCUT2D eigenvalue weighted by Gasteiger charge is -1.96. The number of rotatable bonds is 5. The van der Waals surface area contributed by atoms with Crippen molar-refractivity contribution >= 4 is 15.9 Å². The first-order valence-electron chi connectivity index (χ1n) is 4.12. The van der Waals surface area contributed by atoms with Gasteiger partial charge in [0.05, 0.1) is 0 Å². The van der Waals surface area contributed by atoms with E-state index < -0.39 is 0 Å². The summed E-state index contributed by atoms with van der Waals surface area (Å²) in [7, 11) is 0. The molecule has 0 heterocycles. The summed E-state index contributed by atoms with van der Waals surface area (Å²) in [5, 5.41) is 0. The summed E-state index contributed by atoms with van der Waals surface area (Å²) in [6.45, 7) is 4.41. The van der Waals surface area contributed by atoms with Crippen molar-refractivity contribution in [2.75, 3.05) is 0 Å². The molecular formula is C9H17Br. The van der Waals surface area contributed by atoms with Crippen LogP contribution in [0.3, 0.4) is 0 Å². The van der Waals surface area contributed by atoms with Gasteiger partial charge < -0.3 is 0 Å². The molecule has 0 aromatic heterocycles. The molecule has 0 N–H and O–H groups in total. The van der Waals surface area contributed by atoms with E-state index in [2.05, 4.69) is 41.9 Å². The molecule has 0 nitrogen and oxygen atoms in total. The maximum absolute atomic E-state index is 3.54. The second kappa shape index (κ2) is 7.33. The molecule has 0 aromatic rings. The minimum Gasteiger partial charge on any atom is -0.0874 e. The zero-order valence-electron chi connectivity index (χ0n) is 6.94. The van der Waals surface area contributed by atoms with Crippen molar-refractivity contribution in [1.82, 2.24) is 0 Å². The van der Waals surface area contributed by atoms with Crippen LogP contribution in [-0.2, 0) is 0 Å². The molecule has 0 amide bonds. The summed E-state index contributed by atoms with van der Waals surface area (Å²) < 4.78 is 0. The van der Waals surface area contributed by atoms with E-state index in [0.717, 1.165) is 0 Å². The predicted octanol–water partition coefficient (Wildman–Crippen LogP) is 3.91. The average molecular weight is 205 g/mol. The van der Waals surface area contributed by atoms with Crippen LogP contribution < -0.4 is 0 Å². The standard InChI is InChI=1S/C9H17Br/c1-3-5-6-7-8-9(10)4-2/h7-9H,3-6H2,1-2H3. The Labute approximate surface area is 72.8 Å². The van der Waals surface area contributed by atoms with E-state index in [9.17, 15) is 0 Å². The lowest BCUT2D eigenvalue weighted by Crippen LogP contribution is -1.86. The van der Waals surface area contributed by atoms with Crippen LogP contribution in [-0.4, -0.2) is 4.83 Å². The van der Waals surface area contributed by atoms with Crippen molar-refractivity contribution in [3.63, 3.8) is 0 Å². The van der Waals surface area contributed by atoms with Crippen molar-refractivity contribution in [3.05, 3.63) is 12.2 Å². The van der Waals surface area contributed by atoms with Crippen molar-refractivity contribution in [2.24, 2.45) is 0 Å². The first-order chi connectivity index (χ1) is 4.81. The van der Waals surface area contributed by atoms with Gasteiger partial charge in [0.2, 0.25) is 0 Å². The van der Waals surface area contributed by atoms with Gasteiger partial charge in [0.15, 0.2) is 0 Å². The molecule has 0 fully saturated rings. The van der Waals surface area contributed by atoms with Gasteiger partial charge in [0, 0.05) is 4.83 Å². The lowest BCUT2D eigenvalue weighted by molar-refractivity contribution is 0.811. The van der Waals surface area contributed by atoms with Crippen LogP contribution in [0.25, 0.3) is 0 Å². The van der Waals surface area contributed by atoms with E-state index in [1.54, 1.807) is 0 Å². The Kier molecular flexibility index (Phi) is 7.49. The normalized spacial score (nSPS) is 14.3. The van der Waals surface area contributed by atoms with Crippen LogP contribution in [0.5, 0.6) is 0 Å². The highest BCUT2D eigenvalue weighted by atomic mass is 79.9. The SMILES string of the molecule is CCCCC=CC(Br)CC. The summed E-state index contributed by atoms with van der Waals surface area (Å²) in [5.41, 5.74) is 0. The van der Waals surface area contributed by atoms with E-state index in [4.69, 9.17) is 0 Å². The summed E-state index contributed by atoms with van der Waals surface area (Å²) in [6.07, 6.45) is 9.55. The van der Waals surface area contributed by atoms with E-state index in [1.807, 2.05) is 0 Å². The Balaban J connectivity index is 3.18. The summed E-state index contributed by atoms with van der Waals surface area (Å²) in [6, 6.07) is 0. The van der Waals surface area contributed by atoms with Gasteiger partial charge in [-0.3, -0.25) is 0 Å². The highest BCUT2D eigenvalue weighted by Crippen LogP contribution is 2.06. The molecule has 0 aromatic carbocycles. The Bertz CT molecular complexity index is 86.7. The van der Waals surface area contributed by atoms with E-state index in [1.165, 1.54) is 25.7 Å². The number of hydrogen-bond donors (Lipinski definition) is 0. The van der Waals surface area contributed by atoms with E-state index in [0.29, 0.717) is 4.83 Å². The molecule has 0 spiro atoms. The molecule has 0 aliphatic rings. The van der Waals surface area contributed by atoms with Crippen molar-refractivity contribution < 1.29 is 0 Å². The lowest BCUT2D eigenvalue weighted by atomic mass is 10.2. The second-order valence-corrected chi connectivity index (χ2v) is 3.67. The van der Waals surface area contributed by atoms with Crippen LogP contribution in [0.2, 0.25) is 0 Å². The fourth-order valence-corrected chi connectivity index (χ4v) is 0.918. The molecule has 1 heteroatoms. The quantitative estimate of drug-likeness (QED) is 0.362. The summed E-state index contributed by atoms with van der Waals surface area (Å²) in [4.78, 5) is 0.587. The highest BCUT2D eigenvalue weighted by Gasteiger charge is 1.90. The fraction of sp³-hybridized carbons (Fsp3) is 0.778. The smallest absolute Gasteiger partial charge is 0.0322 e. The molecule has 0 bridgehead atoms. The third-order valence-electron chi connectivity index (χ3n) is 1.46. The van der Waals surface area contributed by atoms with Crippen LogP contribution in [0.15, 0.2) is 12.2 Å². The topological polar surface area (TPSA) is 0 Å². The van der Waals surface area contributed by atoms with Gasteiger partial charge >= 0.3 is 0 Å². The average Bonchev–Trinajstić information content (AvgIpc) is 1.98. The van der Waals surface area contributed by atoms with Gasteiger partial charge in [-0.05, 0) is 12.8 Å². The minimum absolute atomic E-state index is 0.587. The van der Waals surface area contributed by atoms with Gasteiger partial charge in [-0.25, -0.2) is 0 Å². The first-order valence-corrected chi connectivity index (χ1v) is 5.03. The van der Waals surface area contributed by atoms with Crippen molar-refractivity contribution in [2.45, 2.75) is 44.4 Å². The van der Waals surface area contributed by atoms with Crippen LogP contribution >= 0.6 is 15.9 Å². The van der Waals surface area contributed by atoms with Crippen LogP contribution in [0, 0.1) is 0 Å². The van der Waals surface area contributed by atoms with Gasteiger partial charge in [-0.1, -0.05) is 54.8 Å². The summed E-state index contributed by atoms with van der Waals surface area (Å²) >= 11 is 3.54. The number of unbranched alkanes of at least 4 members (excludes halogenated alkanes) is 2. The van der Waals surface area contributed by atoms with Gasteiger partial charge in [0.1, 0.15) is 0 Å². The van der Waals surface area contributed by atoms with Crippen molar-refractivity contribution in [3.8, 4) is 0 Å². The number of alkyl halides is 1. The molecule has 0 aliphatic heterocycles. The molecule has 1 atom stereocenters. The first kappa shape index (κ1) is 10.2. The second-order valence-electron chi connectivity index (χ2n) is 2.49. The van der Waals surface area contributed by atoms with Gasteiger partial charge in [-0.15, -0.1) is 0 Å². The van der Waals surface area contributed by atoms with Crippen LogP contribution in [0.1, 0.15) is 39.5 Å². The summed E-state index contributed by atoms with van der Waals surface area (Å²) in [5.74, 6) is 0. The zero-order valence-corrected chi connectivity index (χ0v) is 8.52. The molecule has 0 saturated carbocycles. The maximum Gasteiger partial charge on any atom is 0.0322 e. The Morgan fingerprint density at radius 2 is 2.10 bits per heavy atom. The van der Waals surface area contributed by atoms with Crippen molar-refractivity contribution in [1.29, 1.82) is 0 Å².